The average molecular weight is 297 g/mol. The topological polar surface area (TPSA) is 85.0 Å². The highest BCUT2D eigenvalue weighted by Crippen LogP contribution is 2.28. The molecular weight excluding hydrogens is 278 g/mol. The van der Waals surface area contributed by atoms with Crippen molar-refractivity contribution in [3.8, 4) is 5.75 Å². The number of nitrogens with two attached hydrogens (primary N) is 1. The minimum absolute atomic E-state index is 0.00876. The molecule has 0 amide bonds. The molecule has 110 valence electrons. The van der Waals surface area contributed by atoms with Crippen molar-refractivity contribution < 1.29 is 13.2 Å². The van der Waals surface area contributed by atoms with E-state index in [1.165, 1.54) is 0 Å². The summed E-state index contributed by atoms with van der Waals surface area (Å²) >= 11 is 0. The number of rotatable bonds is 5. The fourth-order valence-electron chi connectivity index (χ4n) is 2.10. The highest BCUT2D eigenvalue weighted by molar-refractivity contribution is 7.89. The van der Waals surface area contributed by atoms with E-state index in [-0.39, 0.29) is 11.6 Å². The van der Waals surface area contributed by atoms with Crippen molar-refractivity contribution in [2.24, 2.45) is 10.1 Å². The summed E-state index contributed by atoms with van der Waals surface area (Å²) in [6.45, 7) is 1.47. The fourth-order valence-corrected chi connectivity index (χ4v) is 3.18. The molecule has 0 fully saturated rings. The molecule has 20 heavy (non-hydrogen) atoms. The Morgan fingerprint density at radius 1 is 1.40 bits per heavy atom. The number of nitrogens with zero attached hydrogens (tertiary/aromatic N) is 2. The second-order valence-electron chi connectivity index (χ2n) is 5.00. The van der Waals surface area contributed by atoms with E-state index >= 15 is 0 Å². The van der Waals surface area contributed by atoms with Crippen LogP contribution in [0.3, 0.4) is 0 Å². The van der Waals surface area contributed by atoms with Gasteiger partial charge < -0.3 is 15.4 Å². The van der Waals surface area contributed by atoms with Gasteiger partial charge in [0.1, 0.15) is 11.6 Å². The lowest BCUT2D eigenvalue weighted by Gasteiger charge is -2.18. The van der Waals surface area contributed by atoms with Gasteiger partial charge in [-0.1, -0.05) is 12.1 Å². The van der Waals surface area contributed by atoms with Gasteiger partial charge in [-0.05, 0) is 32.1 Å². The molecule has 0 bridgehead atoms. The molecule has 2 N–H and O–H groups in total. The highest BCUT2D eigenvalue weighted by atomic mass is 32.2. The lowest BCUT2D eigenvalue weighted by atomic mass is 10.1. The minimum atomic E-state index is -3.50. The van der Waals surface area contributed by atoms with Crippen molar-refractivity contribution in [3.63, 3.8) is 0 Å². The van der Waals surface area contributed by atoms with Gasteiger partial charge in [0.05, 0.1) is 17.9 Å². The van der Waals surface area contributed by atoms with Gasteiger partial charge in [0.25, 0.3) is 10.0 Å². The zero-order chi connectivity index (χ0) is 14.8. The SMILES string of the molecule is CN(C)CCCOc1cccc2c1C(N)=NS(=O)(=O)C2. The number of amidine groups is 1. The average Bonchev–Trinajstić information content (AvgIpc) is 2.32. The fraction of sp³-hybridized carbons (Fsp3) is 0.462. The molecule has 1 heterocycles. The molecule has 0 saturated heterocycles. The summed E-state index contributed by atoms with van der Waals surface area (Å²) in [5, 5.41) is 0. The lowest BCUT2D eigenvalue weighted by molar-refractivity contribution is 0.281. The van der Waals surface area contributed by atoms with E-state index < -0.39 is 10.0 Å². The van der Waals surface area contributed by atoms with Crippen molar-refractivity contribution >= 4 is 15.9 Å². The van der Waals surface area contributed by atoms with Crippen LogP contribution in [0.5, 0.6) is 5.75 Å². The first-order valence-corrected chi connectivity index (χ1v) is 7.98. The molecule has 0 aliphatic carbocycles. The first kappa shape index (κ1) is 14.8. The van der Waals surface area contributed by atoms with Gasteiger partial charge >= 0.3 is 0 Å². The van der Waals surface area contributed by atoms with Gasteiger partial charge in [-0.2, -0.15) is 0 Å². The molecule has 1 aliphatic rings. The van der Waals surface area contributed by atoms with Crippen LogP contribution in [0.4, 0.5) is 0 Å². The minimum Gasteiger partial charge on any atom is -0.493 e. The Hall–Kier alpha value is -1.60. The zero-order valence-corrected chi connectivity index (χ0v) is 12.5. The largest absolute Gasteiger partial charge is 0.493 e. The van der Waals surface area contributed by atoms with Gasteiger partial charge in [-0.3, -0.25) is 0 Å². The van der Waals surface area contributed by atoms with Gasteiger partial charge in [0, 0.05) is 6.54 Å². The highest BCUT2D eigenvalue weighted by Gasteiger charge is 2.24. The summed E-state index contributed by atoms with van der Waals surface area (Å²) in [6.07, 6.45) is 0.881. The molecule has 1 aromatic rings. The van der Waals surface area contributed by atoms with E-state index in [0.717, 1.165) is 13.0 Å². The maximum absolute atomic E-state index is 11.6. The van der Waals surface area contributed by atoms with Crippen molar-refractivity contribution in [1.82, 2.24) is 4.90 Å². The second-order valence-corrected chi connectivity index (χ2v) is 6.63. The molecule has 1 aromatic carbocycles. The van der Waals surface area contributed by atoms with Gasteiger partial charge in [0.15, 0.2) is 0 Å². The molecule has 0 saturated carbocycles. The summed E-state index contributed by atoms with van der Waals surface area (Å²) in [6, 6.07) is 5.30. The van der Waals surface area contributed by atoms with E-state index in [1.54, 1.807) is 18.2 Å². The molecule has 1 aliphatic heterocycles. The molecule has 0 unspecified atom stereocenters. The number of benzene rings is 1. The third-order valence-corrected chi connectivity index (χ3v) is 4.10. The van der Waals surface area contributed by atoms with Gasteiger partial charge in [0.2, 0.25) is 0 Å². The molecular formula is C13H19N3O3S. The maximum Gasteiger partial charge on any atom is 0.259 e. The normalized spacial score (nSPS) is 16.6. The Labute approximate surface area is 119 Å². The predicted molar refractivity (Wildman–Crippen MR) is 78.5 cm³/mol. The summed E-state index contributed by atoms with van der Waals surface area (Å²) in [7, 11) is 0.502. The van der Waals surface area contributed by atoms with E-state index in [1.807, 2.05) is 14.1 Å². The molecule has 0 radical (unpaired) electrons. The summed E-state index contributed by atoms with van der Waals surface area (Å²) in [5.41, 5.74) is 7.00. The van der Waals surface area contributed by atoms with Crippen LogP contribution in [0.15, 0.2) is 22.6 Å². The predicted octanol–water partition coefficient (Wildman–Crippen LogP) is 0.566. The number of fused-ring (bicyclic) bond motifs is 1. The molecule has 0 aromatic heterocycles. The Kier molecular flexibility index (Phi) is 4.29. The number of sulfonamides is 1. The third-order valence-electron chi connectivity index (χ3n) is 2.95. The lowest BCUT2D eigenvalue weighted by Crippen LogP contribution is -2.25. The van der Waals surface area contributed by atoms with Crippen LogP contribution in [0.2, 0.25) is 0 Å². The number of hydrogen-bond acceptors (Lipinski definition) is 5. The second kappa shape index (κ2) is 5.80. The number of hydrogen-bond donors (Lipinski definition) is 1. The standard InChI is InChI=1S/C13H19N3O3S/c1-16(2)7-4-8-19-11-6-3-5-10-9-20(17,18)15-13(14)12(10)11/h3,5-6H,4,7-9H2,1-2H3,(H2,14,15). The van der Waals surface area contributed by atoms with Crippen molar-refractivity contribution in [3.05, 3.63) is 29.3 Å². The summed E-state index contributed by atoms with van der Waals surface area (Å²) < 4.78 is 32.4. The van der Waals surface area contributed by atoms with Crippen molar-refractivity contribution in [2.45, 2.75) is 12.2 Å². The first-order chi connectivity index (χ1) is 9.39. The van der Waals surface area contributed by atoms with Crippen LogP contribution in [0.1, 0.15) is 17.5 Å². The first-order valence-electron chi connectivity index (χ1n) is 6.37. The Morgan fingerprint density at radius 3 is 2.85 bits per heavy atom. The molecule has 7 heteroatoms. The molecule has 6 nitrogen and oxygen atoms in total. The van der Waals surface area contributed by atoms with Crippen molar-refractivity contribution in [1.29, 1.82) is 0 Å². The van der Waals surface area contributed by atoms with E-state index in [2.05, 4.69) is 9.30 Å². The summed E-state index contributed by atoms with van der Waals surface area (Å²) in [5.74, 6) is 0.477. The molecule has 0 spiro atoms. The van der Waals surface area contributed by atoms with E-state index in [0.29, 0.717) is 23.5 Å². The van der Waals surface area contributed by atoms with Gasteiger partial charge in [-0.15, -0.1) is 4.40 Å². The summed E-state index contributed by atoms with van der Waals surface area (Å²) in [4.78, 5) is 2.08. The molecule has 0 atom stereocenters. The maximum atomic E-state index is 11.6. The molecule has 2 rings (SSSR count). The van der Waals surface area contributed by atoms with E-state index in [9.17, 15) is 8.42 Å². The number of ether oxygens (including phenoxy) is 1. The zero-order valence-electron chi connectivity index (χ0n) is 11.7. The van der Waals surface area contributed by atoms with Crippen LogP contribution < -0.4 is 10.5 Å². The Balaban J connectivity index is 2.17. The van der Waals surface area contributed by atoms with Crippen LogP contribution in [0.25, 0.3) is 0 Å². The van der Waals surface area contributed by atoms with Crippen LogP contribution in [0, 0.1) is 0 Å². The van der Waals surface area contributed by atoms with E-state index in [4.69, 9.17) is 10.5 Å². The Bertz CT molecular complexity index is 624. The van der Waals surface area contributed by atoms with Crippen molar-refractivity contribution in [2.75, 3.05) is 27.2 Å². The van der Waals surface area contributed by atoms with Crippen LogP contribution >= 0.6 is 0 Å². The third kappa shape index (κ3) is 3.49. The smallest absolute Gasteiger partial charge is 0.259 e. The quantitative estimate of drug-likeness (QED) is 0.803. The van der Waals surface area contributed by atoms with Crippen LogP contribution in [-0.4, -0.2) is 46.4 Å². The Morgan fingerprint density at radius 2 is 2.15 bits per heavy atom. The van der Waals surface area contributed by atoms with Gasteiger partial charge in [-0.25, -0.2) is 8.42 Å². The van der Waals surface area contributed by atoms with Crippen LogP contribution in [-0.2, 0) is 15.8 Å². The monoisotopic (exact) mass is 297 g/mol.